The molecule has 0 saturated heterocycles. The fraction of sp³-hybridized carbons (Fsp3) is 0.455. The second-order valence-electron chi connectivity index (χ2n) is 4.26. The number of sulfonamides is 1. The highest BCUT2D eigenvalue weighted by Crippen LogP contribution is 2.24. The number of nitrogen functional groups attached to an aromatic ring is 1. The average Bonchev–Trinajstić information content (AvgIpc) is 2.26. The zero-order chi connectivity index (χ0) is 13.9. The third kappa shape index (κ3) is 3.58. The van der Waals surface area contributed by atoms with Gasteiger partial charge in [-0.05, 0) is 31.0 Å². The van der Waals surface area contributed by atoms with Crippen molar-refractivity contribution >= 4 is 27.3 Å². The van der Waals surface area contributed by atoms with E-state index in [0.29, 0.717) is 5.69 Å². The van der Waals surface area contributed by atoms with Crippen LogP contribution in [0.2, 0.25) is 5.02 Å². The van der Waals surface area contributed by atoms with Crippen LogP contribution in [0, 0.1) is 5.92 Å². The van der Waals surface area contributed by atoms with Crippen LogP contribution < -0.4 is 10.5 Å². The summed E-state index contributed by atoms with van der Waals surface area (Å²) < 4.78 is 26.6. The van der Waals surface area contributed by atoms with Gasteiger partial charge in [-0.25, -0.2) is 13.1 Å². The fourth-order valence-electron chi connectivity index (χ4n) is 1.32. The van der Waals surface area contributed by atoms with Crippen molar-refractivity contribution in [3.63, 3.8) is 0 Å². The van der Waals surface area contributed by atoms with Crippen LogP contribution in [-0.4, -0.2) is 26.2 Å². The molecule has 5 nitrogen and oxygen atoms in total. The van der Waals surface area contributed by atoms with Crippen molar-refractivity contribution in [2.75, 3.05) is 12.3 Å². The Labute approximate surface area is 112 Å². The lowest BCUT2D eigenvalue weighted by Gasteiger charge is -2.19. The Balaban J connectivity index is 3.00. The van der Waals surface area contributed by atoms with E-state index in [1.807, 2.05) is 0 Å². The van der Waals surface area contributed by atoms with Crippen molar-refractivity contribution in [3.8, 4) is 0 Å². The number of halogens is 1. The number of aliphatic hydroxyl groups excluding tert-OH is 1. The van der Waals surface area contributed by atoms with Gasteiger partial charge in [-0.3, -0.25) is 0 Å². The molecule has 4 N–H and O–H groups in total. The fourth-order valence-corrected chi connectivity index (χ4v) is 3.22. The first kappa shape index (κ1) is 15.2. The molecule has 0 aromatic heterocycles. The first-order valence-corrected chi connectivity index (χ1v) is 7.32. The Morgan fingerprint density at radius 3 is 2.56 bits per heavy atom. The maximum atomic E-state index is 12.1. The summed E-state index contributed by atoms with van der Waals surface area (Å²) in [7, 11) is -3.71. The van der Waals surface area contributed by atoms with Crippen molar-refractivity contribution in [2.45, 2.75) is 24.8 Å². The van der Waals surface area contributed by atoms with E-state index in [1.54, 1.807) is 13.8 Å². The molecule has 0 spiro atoms. The Morgan fingerprint density at radius 1 is 1.44 bits per heavy atom. The molecule has 0 aliphatic heterocycles. The van der Waals surface area contributed by atoms with Crippen LogP contribution in [0.1, 0.15) is 13.8 Å². The molecule has 18 heavy (non-hydrogen) atoms. The SMILES string of the molecule is CC(CO)C(C)NS(=O)(=O)c1ccc(N)cc1Cl. The van der Waals surface area contributed by atoms with E-state index in [4.69, 9.17) is 22.4 Å². The molecule has 0 fully saturated rings. The molecule has 0 aliphatic carbocycles. The molecule has 1 aromatic carbocycles. The summed E-state index contributed by atoms with van der Waals surface area (Å²) in [4.78, 5) is -0.0182. The van der Waals surface area contributed by atoms with E-state index in [0.717, 1.165) is 0 Å². The van der Waals surface area contributed by atoms with Crippen LogP contribution in [0.15, 0.2) is 23.1 Å². The van der Waals surface area contributed by atoms with Gasteiger partial charge in [0.25, 0.3) is 0 Å². The van der Waals surface area contributed by atoms with Gasteiger partial charge in [-0.15, -0.1) is 0 Å². The lowest BCUT2D eigenvalue weighted by Crippen LogP contribution is -2.38. The summed E-state index contributed by atoms with van der Waals surface area (Å²) in [6.45, 7) is 3.33. The van der Waals surface area contributed by atoms with Gasteiger partial charge in [0.05, 0.1) is 5.02 Å². The summed E-state index contributed by atoms with van der Waals surface area (Å²) in [5.41, 5.74) is 5.91. The first-order chi connectivity index (χ1) is 8.27. The Bertz CT molecular complexity index is 519. The number of nitrogens with two attached hydrogens (primary N) is 1. The van der Waals surface area contributed by atoms with E-state index >= 15 is 0 Å². The van der Waals surface area contributed by atoms with Crippen molar-refractivity contribution in [1.82, 2.24) is 4.72 Å². The summed E-state index contributed by atoms with van der Waals surface area (Å²) in [5.74, 6) is -0.188. The van der Waals surface area contributed by atoms with Gasteiger partial charge in [0, 0.05) is 18.3 Å². The molecule has 2 unspecified atom stereocenters. The largest absolute Gasteiger partial charge is 0.399 e. The van der Waals surface area contributed by atoms with Crippen molar-refractivity contribution in [3.05, 3.63) is 23.2 Å². The second kappa shape index (κ2) is 5.88. The average molecular weight is 293 g/mol. The smallest absolute Gasteiger partial charge is 0.242 e. The molecule has 0 amide bonds. The van der Waals surface area contributed by atoms with E-state index in [-0.39, 0.29) is 22.4 Å². The quantitative estimate of drug-likeness (QED) is 0.712. The second-order valence-corrected chi connectivity index (χ2v) is 6.35. The maximum absolute atomic E-state index is 12.1. The molecular weight excluding hydrogens is 276 g/mol. The standard InChI is InChI=1S/C11H17ClN2O3S/c1-7(6-15)8(2)14-18(16,17)11-4-3-9(13)5-10(11)12/h3-5,7-8,14-15H,6,13H2,1-2H3. The minimum absolute atomic E-state index is 0.0182. The summed E-state index contributed by atoms with van der Waals surface area (Å²) in [5, 5.41) is 9.06. The van der Waals surface area contributed by atoms with Gasteiger partial charge >= 0.3 is 0 Å². The number of hydrogen-bond acceptors (Lipinski definition) is 4. The zero-order valence-electron chi connectivity index (χ0n) is 10.2. The van der Waals surface area contributed by atoms with Crippen LogP contribution >= 0.6 is 11.6 Å². The lowest BCUT2D eigenvalue weighted by molar-refractivity contribution is 0.216. The number of aliphatic hydroxyl groups is 1. The van der Waals surface area contributed by atoms with Crippen LogP contribution in [0.5, 0.6) is 0 Å². The molecule has 1 aromatic rings. The zero-order valence-corrected chi connectivity index (χ0v) is 11.8. The predicted octanol–water partition coefficient (Wildman–Crippen LogP) is 1.22. The van der Waals surface area contributed by atoms with Crippen molar-refractivity contribution < 1.29 is 13.5 Å². The Hall–Kier alpha value is -0.820. The van der Waals surface area contributed by atoms with Gasteiger partial charge in [-0.2, -0.15) is 0 Å². The van der Waals surface area contributed by atoms with Gasteiger partial charge in [0.1, 0.15) is 4.90 Å². The molecule has 0 aliphatic rings. The molecule has 0 saturated carbocycles. The summed E-state index contributed by atoms with van der Waals surface area (Å²) in [6, 6.07) is 3.82. The highest BCUT2D eigenvalue weighted by Gasteiger charge is 2.22. The minimum atomic E-state index is -3.71. The highest BCUT2D eigenvalue weighted by atomic mass is 35.5. The van der Waals surface area contributed by atoms with E-state index in [1.165, 1.54) is 18.2 Å². The molecule has 1 rings (SSSR count). The highest BCUT2D eigenvalue weighted by molar-refractivity contribution is 7.89. The Morgan fingerprint density at radius 2 is 2.06 bits per heavy atom. The van der Waals surface area contributed by atoms with E-state index in [2.05, 4.69) is 4.72 Å². The molecule has 2 atom stereocenters. The molecule has 102 valence electrons. The van der Waals surface area contributed by atoms with Crippen molar-refractivity contribution in [2.24, 2.45) is 5.92 Å². The van der Waals surface area contributed by atoms with Crippen LogP contribution in [0.3, 0.4) is 0 Å². The molecule has 0 radical (unpaired) electrons. The number of anilines is 1. The van der Waals surface area contributed by atoms with Gasteiger partial charge in [0.15, 0.2) is 0 Å². The minimum Gasteiger partial charge on any atom is -0.399 e. The molecular formula is C11H17ClN2O3S. The third-order valence-electron chi connectivity index (χ3n) is 2.73. The predicted molar refractivity (Wildman–Crippen MR) is 71.9 cm³/mol. The molecule has 7 heteroatoms. The van der Waals surface area contributed by atoms with Crippen LogP contribution in [0.25, 0.3) is 0 Å². The van der Waals surface area contributed by atoms with Crippen LogP contribution in [-0.2, 0) is 10.0 Å². The Kier molecular flexibility index (Phi) is 4.98. The van der Waals surface area contributed by atoms with E-state index < -0.39 is 16.1 Å². The topological polar surface area (TPSA) is 92.4 Å². The third-order valence-corrected chi connectivity index (χ3v) is 4.77. The maximum Gasteiger partial charge on any atom is 0.242 e. The van der Waals surface area contributed by atoms with Crippen LogP contribution in [0.4, 0.5) is 5.69 Å². The van der Waals surface area contributed by atoms with Crippen molar-refractivity contribution in [1.29, 1.82) is 0 Å². The van der Waals surface area contributed by atoms with Gasteiger partial charge < -0.3 is 10.8 Å². The molecule has 0 heterocycles. The molecule has 0 bridgehead atoms. The summed E-state index contributed by atoms with van der Waals surface area (Å²) >= 11 is 5.86. The normalized spacial score (nSPS) is 15.3. The summed E-state index contributed by atoms with van der Waals surface area (Å²) in [6.07, 6.45) is 0. The first-order valence-electron chi connectivity index (χ1n) is 5.46. The van der Waals surface area contributed by atoms with E-state index in [9.17, 15) is 8.42 Å². The number of benzene rings is 1. The monoisotopic (exact) mass is 292 g/mol. The lowest BCUT2D eigenvalue weighted by atomic mass is 10.1. The number of rotatable bonds is 5. The van der Waals surface area contributed by atoms with Gasteiger partial charge in [-0.1, -0.05) is 18.5 Å². The van der Waals surface area contributed by atoms with Gasteiger partial charge in [0.2, 0.25) is 10.0 Å². The number of nitrogens with one attached hydrogen (secondary N) is 1. The number of hydrogen-bond donors (Lipinski definition) is 3.